The predicted octanol–water partition coefficient (Wildman–Crippen LogP) is 2.14. The van der Waals surface area contributed by atoms with Crippen LogP contribution < -0.4 is 5.56 Å². The lowest BCUT2D eigenvalue weighted by molar-refractivity contribution is -0.391. The van der Waals surface area contributed by atoms with Gasteiger partial charge in [0.2, 0.25) is 5.89 Å². The van der Waals surface area contributed by atoms with Crippen molar-refractivity contribution >= 4 is 28.5 Å². The molecule has 0 N–H and O–H groups in total. The number of aryl methyl sites for hydroxylation is 1. The Bertz CT molecular complexity index is 1030. The maximum atomic E-state index is 12.0. The number of para-hydroxylation sites is 2. The molecule has 0 saturated carbocycles. The van der Waals surface area contributed by atoms with Crippen molar-refractivity contribution in [3.8, 4) is 6.07 Å². The second kappa shape index (κ2) is 5.75. The molecule has 9 nitrogen and oxygen atoms in total. The smallest absolute Gasteiger partial charge is 0.395 e. The standard InChI is InChI=1S/C14H8ClN5O4/c1-19-14(21)11(15)10(12(18-19)20(22)23)7(6-16)13-17-8-4-2-3-5-9(8)24-13/h2-5,7H,1H3/t7-/m1/s1. The number of aromatic nitrogens is 3. The van der Waals surface area contributed by atoms with Gasteiger partial charge < -0.3 is 14.5 Å². The zero-order valence-electron chi connectivity index (χ0n) is 12.1. The Morgan fingerprint density at radius 3 is 2.79 bits per heavy atom. The molecule has 3 rings (SSSR count). The molecule has 1 atom stereocenters. The fourth-order valence-corrected chi connectivity index (χ4v) is 2.56. The minimum absolute atomic E-state index is 0.0984. The van der Waals surface area contributed by atoms with Crippen LogP contribution in [0.3, 0.4) is 0 Å². The number of hydrogen-bond acceptors (Lipinski definition) is 7. The van der Waals surface area contributed by atoms with Crippen LogP contribution in [0.25, 0.3) is 11.1 Å². The van der Waals surface area contributed by atoms with E-state index in [4.69, 9.17) is 16.0 Å². The molecule has 0 amide bonds. The maximum absolute atomic E-state index is 12.0. The summed E-state index contributed by atoms with van der Waals surface area (Å²) < 4.78 is 6.22. The van der Waals surface area contributed by atoms with Gasteiger partial charge in [-0.05, 0) is 17.1 Å². The normalized spacial score (nSPS) is 12.0. The number of nitrogens with zero attached hydrogens (tertiary/aromatic N) is 5. The van der Waals surface area contributed by atoms with E-state index in [1.165, 1.54) is 7.05 Å². The first-order valence-corrected chi connectivity index (χ1v) is 6.98. The quantitative estimate of drug-likeness (QED) is 0.525. The van der Waals surface area contributed by atoms with Crippen LogP contribution >= 0.6 is 11.6 Å². The van der Waals surface area contributed by atoms with E-state index in [0.29, 0.717) is 11.1 Å². The zero-order chi connectivity index (χ0) is 17.4. The highest BCUT2D eigenvalue weighted by molar-refractivity contribution is 6.31. The SMILES string of the molecule is Cn1nc([N+](=O)[O-])c([C@@H](C#N)c2nc3ccccc3o2)c(Cl)c1=O. The lowest BCUT2D eigenvalue weighted by Crippen LogP contribution is -2.24. The molecule has 1 aromatic carbocycles. The molecule has 0 aliphatic rings. The molecule has 24 heavy (non-hydrogen) atoms. The van der Waals surface area contributed by atoms with Crippen LogP contribution in [-0.4, -0.2) is 19.7 Å². The summed E-state index contributed by atoms with van der Waals surface area (Å²) in [5.41, 5.74) is -0.209. The van der Waals surface area contributed by atoms with E-state index in [1.807, 2.05) is 6.07 Å². The number of halogens is 1. The van der Waals surface area contributed by atoms with Gasteiger partial charge in [-0.25, -0.2) is 4.98 Å². The van der Waals surface area contributed by atoms with Gasteiger partial charge in [-0.15, -0.1) is 4.68 Å². The molecule has 0 spiro atoms. The fraction of sp³-hybridized carbons (Fsp3) is 0.143. The van der Waals surface area contributed by atoms with Crippen LogP contribution in [0.1, 0.15) is 17.4 Å². The van der Waals surface area contributed by atoms with E-state index >= 15 is 0 Å². The van der Waals surface area contributed by atoms with E-state index in [2.05, 4.69) is 10.1 Å². The van der Waals surface area contributed by atoms with E-state index in [0.717, 1.165) is 4.68 Å². The molecule has 0 saturated heterocycles. The summed E-state index contributed by atoms with van der Waals surface area (Å²) in [5, 5.41) is 23.9. The molecule has 0 fully saturated rings. The number of oxazole rings is 1. The molecule has 10 heteroatoms. The van der Waals surface area contributed by atoms with Gasteiger partial charge in [0.15, 0.2) is 11.5 Å². The van der Waals surface area contributed by atoms with Gasteiger partial charge in [0.05, 0.1) is 18.2 Å². The Morgan fingerprint density at radius 2 is 2.17 bits per heavy atom. The second-order valence-electron chi connectivity index (χ2n) is 4.82. The number of nitriles is 1. The monoisotopic (exact) mass is 345 g/mol. The number of fused-ring (bicyclic) bond motifs is 1. The van der Waals surface area contributed by atoms with E-state index < -0.39 is 27.2 Å². The van der Waals surface area contributed by atoms with Crippen LogP contribution in [0, 0.1) is 21.4 Å². The molecule has 2 heterocycles. The molecule has 120 valence electrons. The first kappa shape index (κ1) is 15.6. The Kier molecular flexibility index (Phi) is 3.75. The Morgan fingerprint density at radius 1 is 1.46 bits per heavy atom. The van der Waals surface area contributed by atoms with Gasteiger partial charge in [-0.3, -0.25) is 4.79 Å². The highest BCUT2D eigenvalue weighted by Crippen LogP contribution is 2.34. The minimum Gasteiger partial charge on any atom is -0.439 e. The van der Waals surface area contributed by atoms with Crippen LogP contribution in [0.15, 0.2) is 33.5 Å². The Hall–Kier alpha value is -3.25. The number of rotatable bonds is 3. The van der Waals surface area contributed by atoms with Gasteiger partial charge in [0.25, 0.3) is 0 Å². The third-order valence-electron chi connectivity index (χ3n) is 3.35. The van der Waals surface area contributed by atoms with Gasteiger partial charge in [0, 0.05) is 0 Å². The number of hydrogen-bond donors (Lipinski definition) is 0. The van der Waals surface area contributed by atoms with E-state index in [1.54, 1.807) is 24.3 Å². The summed E-state index contributed by atoms with van der Waals surface area (Å²) in [6.45, 7) is 0. The molecule has 0 radical (unpaired) electrons. The van der Waals surface area contributed by atoms with Crippen molar-refractivity contribution in [2.24, 2.45) is 7.05 Å². The number of benzene rings is 1. The van der Waals surface area contributed by atoms with Crippen LogP contribution in [0.2, 0.25) is 5.02 Å². The average molecular weight is 346 g/mol. The molecular weight excluding hydrogens is 338 g/mol. The van der Waals surface area contributed by atoms with Crippen LogP contribution in [0.4, 0.5) is 5.82 Å². The predicted molar refractivity (Wildman–Crippen MR) is 82.6 cm³/mol. The summed E-state index contributed by atoms with van der Waals surface area (Å²) in [4.78, 5) is 26.6. The third kappa shape index (κ3) is 2.39. The summed E-state index contributed by atoms with van der Waals surface area (Å²) in [7, 11) is 1.23. The highest BCUT2D eigenvalue weighted by Gasteiger charge is 2.34. The fourth-order valence-electron chi connectivity index (χ4n) is 2.24. The summed E-state index contributed by atoms with van der Waals surface area (Å²) in [6.07, 6.45) is 0. The Labute approximate surface area is 138 Å². The molecule has 0 unspecified atom stereocenters. The molecule has 0 aliphatic heterocycles. The topological polar surface area (TPSA) is 128 Å². The van der Waals surface area contributed by atoms with Crippen LogP contribution in [0.5, 0.6) is 0 Å². The van der Waals surface area contributed by atoms with E-state index in [-0.39, 0.29) is 11.5 Å². The maximum Gasteiger partial charge on any atom is 0.395 e. The van der Waals surface area contributed by atoms with Gasteiger partial charge in [-0.1, -0.05) is 23.7 Å². The first-order chi connectivity index (χ1) is 11.4. The zero-order valence-corrected chi connectivity index (χ0v) is 12.9. The third-order valence-corrected chi connectivity index (χ3v) is 3.72. The first-order valence-electron chi connectivity index (χ1n) is 6.60. The lowest BCUT2D eigenvalue weighted by Gasteiger charge is -2.08. The highest BCUT2D eigenvalue weighted by atomic mass is 35.5. The van der Waals surface area contributed by atoms with Crippen molar-refractivity contribution < 1.29 is 9.34 Å². The largest absolute Gasteiger partial charge is 0.439 e. The Balaban J connectivity index is 2.29. The van der Waals surface area contributed by atoms with E-state index in [9.17, 15) is 20.2 Å². The van der Waals surface area contributed by atoms with Gasteiger partial charge in [0.1, 0.15) is 16.1 Å². The molecule has 0 bridgehead atoms. The average Bonchev–Trinajstić information content (AvgIpc) is 2.98. The van der Waals surface area contributed by atoms with Crippen molar-refractivity contribution in [1.29, 1.82) is 5.26 Å². The van der Waals surface area contributed by atoms with Gasteiger partial charge in [-0.2, -0.15) is 5.26 Å². The molecule has 2 aromatic heterocycles. The van der Waals surface area contributed by atoms with Crippen molar-refractivity contribution in [3.05, 3.63) is 61.2 Å². The summed E-state index contributed by atoms with van der Waals surface area (Å²) in [6, 6.07) is 8.59. The van der Waals surface area contributed by atoms with Crippen molar-refractivity contribution in [1.82, 2.24) is 14.8 Å². The van der Waals surface area contributed by atoms with Crippen LogP contribution in [-0.2, 0) is 7.05 Å². The summed E-state index contributed by atoms with van der Waals surface area (Å²) in [5.74, 6) is -2.14. The van der Waals surface area contributed by atoms with Gasteiger partial charge >= 0.3 is 11.4 Å². The lowest BCUT2D eigenvalue weighted by atomic mass is 10.0. The molecule has 3 aromatic rings. The number of nitro groups is 1. The van der Waals surface area contributed by atoms with Crippen molar-refractivity contribution in [2.75, 3.05) is 0 Å². The molecule has 0 aliphatic carbocycles. The summed E-state index contributed by atoms with van der Waals surface area (Å²) >= 11 is 5.97. The van der Waals surface area contributed by atoms with Crippen molar-refractivity contribution in [2.45, 2.75) is 5.92 Å². The van der Waals surface area contributed by atoms with Crippen molar-refractivity contribution in [3.63, 3.8) is 0 Å². The second-order valence-corrected chi connectivity index (χ2v) is 5.20. The minimum atomic E-state index is -1.34. The molecular formula is C14H8ClN5O4.